The van der Waals surface area contributed by atoms with Crippen LogP contribution in [0.5, 0.6) is 0 Å². The van der Waals surface area contributed by atoms with Crippen molar-refractivity contribution in [1.82, 2.24) is 10.2 Å². The molecule has 1 saturated carbocycles. The quantitative estimate of drug-likeness (QED) is 0.711. The van der Waals surface area contributed by atoms with Crippen LogP contribution < -0.4 is 5.14 Å². The number of H-pyrrole nitrogens is 1. The van der Waals surface area contributed by atoms with Gasteiger partial charge in [-0.25, -0.2) is 13.6 Å². The Hall–Kier alpha value is -0.880. The van der Waals surface area contributed by atoms with Crippen molar-refractivity contribution in [3.05, 3.63) is 11.9 Å². The molecule has 0 unspecified atom stereocenters. The second kappa shape index (κ2) is 2.33. The zero-order valence-corrected chi connectivity index (χ0v) is 8.06. The van der Waals surface area contributed by atoms with Crippen LogP contribution in [0.15, 0.2) is 11.1 Å². The van der Waals surface area contributed by atoms with Crippen LogP contribution in [0.3, 0.4) is 0 Å². The van der Waals surface area contributed by atoms with Crippen LogP contribution in [0.1, 0.15) is 25.5 Å². The molecule has 1 heterocycles. The van der Waals surface area contributed by atoms with E-state index in [0.717, 1.165) is 12.8 Å². The molecule has 1 aliphatic rings. The molecule has 2 rings (SSSR count). The third kappa shape index (κ3) is 1.36. The second-order valence-corrected chi connectivity index (χ2v) is 5.24. The van der Waals surface area contributed by atoms with Crippen LogP contribution in [0.2, 0.25) is 0 Å². The Labute approximate surface area is 76.4 Å². The van der Waals surface area contributed by atoms with Crippen molar-refractivity contribution >= 4 is 10.0 Å². The topological polar surface area (TPSA) is 88.8 Å². The highest BCUT2D eigenvalue weighted by Crippen LogP contribution is 2.48. The molecule has 1 aliphatic carbocycles. The molecule has 0 radical (unpaired) electrons. The Bertz CT molecular complexity index is 430. The number of aromatic nitrogens is 2. The number of nitrogens with one attached hydrogen (secondary N) is 1. The maximum Gasteiger partial charge on any atom is 0.241 e. The molecule has 6 heteroatoms. The van der Waals surface area contributed by atoms with E-state index in [1.807, 2.05) is 6.92 Å². The van der Waals surface area contributed by atoms with E-state index in [1.165, 1.54) is 6.20 Å². The van der Waals surface area contributed by atoms with Gasteiger partial charge in [0, 0.05) is 5.41 Å². The summed E-state index contributed by atoms with van der Waals surface area (Å²) in [5.41, 5.74) is 0.591. The third-order valence-corrected chi connectivity index (χ3v) is 3.44. The Morgan fingerprint density at radius 3 is 2.69 bits per heavy atom. The van der Waals surface area contributed by atoms with Gasteiger partial charge in [-0.2, -0.15) is 5.10 Å². The smallest absolute Gasteiger partial charge is 0.241 e. The maximum absolute atomic E-state index is 11.1. The molecule has 72 valence electrons. The fourth-order valence-corrected chi connectivity index (χ4v) is 2.14. The number of aromatic amines is 1. The molecule has 3 N–H and O–H groups in total. The minimum Gasteiger partial charge on any atom is -0.281 e. The fraction of sp³-hybridized carbons (Fsp3) is 0.571. The van der Waals surface area contributed by atoms with Crippen LogP contribution in [-0.2, 0) is 15.4 Å². The molecule has 0 bridgehead atoms. The first kappa shape index (κ1) is 8.71. The van der Waals surface area contributed by atoms with Crippen molar-refractivity contribution in [2.45, 2.75) is 30.1 Å². The predicted molar refractivity (Wildman–Crippen MR) is 46.5 cm³/mol. The van der Waals surface area contributed by atoms with E-state index >= 15 is 0 Å². The predicted octanol–water partition coefficient (Wildman–Crippen LogP) is 0.109. The van der Waals surface area contributed by atoms with Crippen molar-refractivity contribution in [2.24, 2.45) is 5.14 Å². The third-order valence-electron chi connectivity index (χ3n) is 2.51. The number of primary sulfonamides is 1. The SMILES string of the molecule is CC1(c2[nH]ncc2S(N)(=O)=O)CC1. The van der Waals surface area contributed by atoms with Crippen molar-refractivity contribution in [3.8, 4) is 0 Å². The summed E-state index contributed by atoms with van der Waals surface area (Å²) in [6.07, 6.45) is 3.24. The molecular weight excluding hydrogens is 190 g/mol. The standard InChI is InChI=1S/C7H11N3O2S/c1-7(2-3-7)6-5(4-9-10-6)13(8,11)12/h4H,2-3H2,1H3,(H,9,10)(H2,8,11,12). The monoisotopic (exact) mass is 201 g/mol. The summed E-state index contributed by atoms with van der Waals surface area (Å²) in [7, 11) is -3.63. The molecule has 1 aromatic heterocycles. The van der Waals surface area contributed by atoms with Crippen LogP contribution in [0.4, 0.5) is 0 Å². The molecule has 1 fully saturated rings. The van der Waals surface area contributed by atoms with E-state index in [-0.39, 0.29) is 10.3 Å². The Balaban J connectivity index is 2.55. The molecule has 0 aromatic carbocycles. The molecule has 13 heavy (non-hydrogen) atoms. The largest absolute Gasteiger partial charge is 0.281 e. The highest BCUT2D eigenvalue weighted by molar-refractivity contribution is 7.89. The highest BCUT2D eigenvalue weighted by Gasteiger charge is 2.43. The summed E-state index contributed by atoms with van der Waals surface area (Å²) in [6.45, 7) is 2.00. The van der Waals surface area contributed by atoms with Gasteiger partial charge in [0.15, 0.2) is 0 Å². The Morgan fingerprint density at radius 1 is 1.62 bits per heavy atom. The van der Waals surface area contributed by atoms with Crippen LogP contribution in [-0.4, -0.2) is 18.6 Å². The molecule has 0 spiro atoms. The lowest BCUT2D eigenvalue weighted by molar-refractivity contribution is 0.593. The number of hydrogen-bond acceptors (Lipinski definition) is 3. The van der Waals surface area contributed by atoms with Crippen molar-refractivity contribution in [1.29, 1.82) is 0 Å². The minimum absolute atomic E-state index is 0.0573. The van der Waals surface area contributed by atoms with E-state index in [2.05, 4.69) is 10.2 Å². The van der Waals surface area contributed by atoms with Gasteiger partial charge in [-0.05, 0) is 12.8 Å². The molecule has 1 aromatic rings. The number of hydrogen-bond donors (Lipinski definition) is 2. The summed E-state index contributed by atoms with van der Waals surface area (Å²) in [5.74, 6) is 0. The van der Waals surface area contributed by atoms with E-state index in [4.69, 9.17) is 5.14 Å². The summed E-state index contributed by atoms with van der Waals surface area (Å²) in [4.78, 5) is 0.132. The van der Waals surface area contributed by atoms with Gasteiger partial charge in [-0.3, -0.25) is 5.10 Å². The van der Waals surface area contributed by atoms with Gasteiger partial charge in [-0.1, -0.05) is 6.92 Å². The van der Waals surface area contributed by atoms with Gasteiger partial charge in [-0.15, -0.1) is 0 Å². The maximum atomic E-state index is 11.1. The summed E-state index contributed by atoms with van der Waals surface area (Å²) in [5, 5.41) is 11.5. The van der Waals surface area contributed by atoms with Gasteiger partial charge in [0.1, 0.15) is 4.90 Å². The fourth-order valence-electron chi connectivity index (χ4n) is 1.36. The summed E-state index contributed by atoms with van der Waals surface area (Å²) >= 11 is 0. The van der Waals surface area contributed by atoms with Crippen LogP contribution in [0, 0.1) is 0 Å². The van der Waals surface area contributed by atoms with Crippen LogP contribution in [0.25, 0.3) is 0 Å². The Kier molecular flexibility index (Phi) is 1.56. The lowest BCUT2D eigenvalue weighted by atomic mass is 10.1. The summed E-state index contributed by atoms with van der Waals surface area (Å²) < 4.78 is 22.2. The van der Waals surface area contributed by atoms with Gasteiger partial charge >= 0.3 is 0 Å². The second-order valence-electron chi connectivity index (χ2n) is 3.71. The molecule has 0 aliphatic heterocycles. The van der Waals surface area contributed by atoms with Gasteiger partial charge < -0.3 is 0 Å². The van der Waals surface area contributed by atoms with Crippen molar-refractivity contribution in [2.75, 3.05) is 0 Å². The first-order valence-corrected chi connectivity index (χ1v) is 5.55. The van der Waals surface area contributed by atoms with E-state index in [9.17, 15) is 8.42 Å². The van der Waals surface area contributed by atoms with Crippen molar-refractivity contribution < 1.29 is 8.42 Å². The molecular formula is C7H11N3O2S. The average Bonchev–Trinajstić information content (AvgIpc) is 2.60. The number of nitrogens with zero attached hydrogens (tertiary/aromatic N) is 1. The number of sulfonamides is 1. The first-order chi connectivity index (χ1) is 5.93. The van der Waals surface area contributed by atoms with E-state index in [1.54, 1.807) is 0 Å². The summed E-state index contributed by atoms with van der Waals surface area (Å²) in [6, 6.07) is 0. The van der Waals surface area contributed by atoms with E-state index in [0.29, 0.717) is 5.69 Å². The normalized spacial score (nSPS) is 20.2. The molecule has 0 atom stereocenters. The lowest BCUT2D eigenvalue weighted by Gasteiger charge is -2.06. The minimum atomic E-state index is -3.63. The van der Waals surface area contributed by atoms with E-state index < -0.39 is 10.0 Å². The van der Waals surface area contributed by atoms with Gasteiger partial charge in [0.2, 0.25) is 10.0 Å². The zero-order chi connectivity index (χ0) is 9.69. The highest BCUT2D eigenvalue weighted by atomic mass is 32.2. The van der Waals surface area contributed by atoms with Gasteiger partial charge in [0.05, 0.1) is 11.9 Å². The first-order valence-electron chi connectivity index (χ1n) is 4.00. The molecule has 0 saturated heterocycles. The number of rotatable bonds is 2. The van der Waals surface area contributed by atoms with Crippen LogP contribution >= 0.6 is 0 Å². The molecule has 0 amide bonds. The average molecular weight is 201 g/mol. The zero-order valence-electron chi connectivity index (χ0n) is 7.24. The lowest BCUT2D eigenvalue weighted by Crippen LogP contribution is -2.16. The van der Waals surface area contributed by atoms with Crippen molar-refractivity contribution in [3.63, 3.8) is 0 Å². The van der Waals surface area contributed by atoms with Gasteiger partial charge in [0.25, 0.3) is 0 Å². The Morgan fingerprint density at radius 2 is 2.23 bits per heavy atom. The number of nitrogens with two attached hydrogens (primary N) is 1. The molecule has 5 nitrogen and oxygen atoms in total.